The molecular weight excluding hydrogens is 424 g/mol. The molecule has 2 aromatic rings. The Morgan fingerprint density at radius 2 is 1.83 bits per heavy atom. The van der Waals surface area contributed by atoms with Crippen molar-refractivity contribution >= 4 is 32.7 Å². The summed E-state index contributed by atoms with van der Waals surface area (Å²) >= 11 is 1.37. The molecule has 4 rings (SSSR count). The molecule has 2 saturated heterocycles. The van der Waals surface area contributed by atoms with E-state index in [0.29, 0.717) is 28.8 Å². The van der Waals surface area contributed by atoms with E-state index in [1.165, 1.54) is 11.8 Å². The number of methoxy groups -OCH3 is 2. The van der Waals surface area contributed by atoms with Crippen molar-refractivity contribution in [3.63, 3.8) is 0 Å². The summed E-state index contributed by atoms with van der Waals surface area (Å²) in [5.74, 6) is 1.04. The summed E-state index contributed by atoms with van der Waals surface area (Å²) in [6.45, 7) is 0.422. The van der Waals surface area contributed by atoms with Crippen molar-refractivity contribution in [3.8, 4) is 11.5 Å². The molecule has 2 aromatic carbocycles. The number of amides is 1. The van der Waals surface area contributed by atoms with Crippen LogP contribution in [-0.4, -0.2) is 61.4 Å². The normalized spacial score (nSPS) is 23.4. The lowest BCUT2D eigenvalue weighted by atomic mass is 10.1. The second-order valence-electron chi connectivity index (χ2n) is 7.18. The Bertz CT molecular complexity index is 1090. The van der Waals surface area contributed by atoms with E-state index in [4.69, 9.17) is 9.47 Å². The molecule has 2 atom stereocenters. The van der Waals surface area contributed by atoms with E-state index in [1.54, 1.807) is 38.5 Å². The number of ether oxygens (including phenoxy) is 2. The second-order valence-corrected chi connectivity index (χ2v) is 10.5. The third-order valence-electron chi connectivity index (χ3n) is 5.19. The molecule has 7 nitrogen and oxygen atoms in total. The molecule has 0 aromatic heterocycles. The van der Waals surface area contributed by atoms with Gasteiger partial charge in [0.25, 0.3) is 5.91 Å². The molecule has 0 saturated carbocycles. The zero-order chi connectivity index (χ0) is 21.3. The summed E-state index contributed by atoms with van der Waals surface area (Å²) in [6, 6.07) is 14.2. The van der Waals surface area contributed by atoms with Crippen molar-refractivity contribution in [2.75, 3.05) is 25.7 Å². The lowest BCUT2D eigenvalue weighted by Crippen LogP contribution is -2.37. The van der Waals surface area contributed by atoms with Gasteiger partial charge in [-0.15, -0.1) is 0 Å². The van der Waals surface area contributed by atoms with Crippen LogP contribution in [0.5, 0.6) is 11.5 Å². The summed E-state index contributed by atoms with van der Waals surface area (Å²) in [4.78, 5) is 18.9. The van der Waals surface area contributed by atoms with Gasteiger partial charge in [0.05, 0.1) is 31.8 Å². The summed E-state index contributed by atoms with van der Waals surface area (Å²) < 4.78 is 35.1. The van der Waals surface area contributed by atoms with E-state index in [1.807, 2.05) is 29.2 Å². The van der Waals surface area contributed by atoms with Gasteiger partial charge in [0.15, 0.2) is 26.5 Å². The highest BCUT2D eigenvalue weighted by molar-refractivity contribution is 8.15. The number of carbonyl (C=O) groups is 1. The van der Waals surface area contributed by atoms with Crippen molar-refractivity contribution in [3.05, 3.63) is 59.7 Å². The van der Waals surface area contributed by atoms with E-state index >= 15 is 0 Å². The number of aliphatic imine (C=N–C) groups is 1. The van der Waals surface area contributed by atoms with Gasteiger partial charge in [-0.3, -0.25) is 4.79 Å². The number of thioether (sulfide) groups is 1. The molecule has 158 valence electrons. The molecule has 2 aliphatic heterocycles. The molecule has 1 amide bonds. The quantitative estimate of drug-likeness (QED) is 0.698. The number of hydrogen-bond donors (Lipinski definition) is 0. The van der Waals surface area contributed by atoms with Crippen LogP contribution in [0.2, 0.25) is 0 Å². The standard InChI is InChI=1S/C21H22N2O5S2/c1-27-17-9-8-14(10-18(17)28-2)11-23-16-12-30(25,26)13-19(16)29-21(23)22-20(24)15-6-4-3-5-7-15/h3-10,16,19H,11-13H2,1-2H3/t16-,19+/m1/s1. The third-order valence-corrected chi connectivity index (χ3v) is 8.44. The zero-order valence-corrected chi connectivity index (χ0v) is 18.3. The maximum atomic E-state index is 12.6. The lowest BCUT2D eigenvalue weighted by molar-refractivity contribution is 0.100. The number of rotatable bonds is 5. The number of carbonyl (C=O) groups excluding carboxylic acids is 1. The Balaban J connectivity index is 1.65. The predicted molar refractivity (Wildman–Crippen MR) is 117 cm³/mol. The number of amidine groups is 1. The number of nitrogens with zero attached hydrogens (tertiary/aromatic N) is 2. The Labute approximate surface area is 180 Å². The average Bonchev–Trinajstić information content (AvgIpc) is 3.20. The summed E-state index contributed by atoms with van der Waals surface area (Å²) in [5.41, 5.74) is 1.42. The first-order valence-electron chi connectivity index (χ1n) is 9.43. The van der Waals surface area contributed by atoms with E-state index in [2.05, 4.69) is 4.99 Å². The predicted octanol–water partition coefficient (Wildman–Crippen LogP) is 2.61. The van der Waals surface area contributed by atoms with Gasteiger partial charge in [0.1, 0.15) is 0 Å². The Kier molecular flexibility index (Phi) is 5.75. The fraction of sp³-hybridized carbons (Fsp3) is 0.333. The maximum absolute atomic E-state index is 12.6. The van der Waals surface area contributed by atoms with Crippen LogP contribution in [0.4, 0.5) is 0 Å². The SMILES string of the molecule is COc1ccc(CN2C(=NC(=O)c3ccccc3)S[C@H]3CS(=O)(=O)C[C@H]32)cc1OC. The van der Waals surface area contributed by atoms with Crippen molar-refractivity contribution < 1.29 is 22.7 Å². The fourth-order valence-corrected chi connectivity index (χ4v) is 7.68. The average molecular weight is 447 g/mol. The smallest absolute Gasteiger partial charge is 0.279 e. The molecule has 0 N–H and O–H groups in total. The molecule has 0 bridgehead atoms. The minimum atomic E-state index is -3.11. The largest absolute Gasteiger partial charge is 0.493 e. The van der Waals surface area contributed by atoms with E-state index < -0.39 is 9.84 Å². The van der Waals surface area contributed by atoms with Crippen LogP contribution < -0.4 is 9.47 Å². The van der Waals surface area contributed by atoms with Crippen LogP contribution in [-0.2, 0) is 16.4 Å². The Morgan fingerprint density at radius 3 is 2.53 bits per heavy atom. The monoisotopic (exact) mass is 446 g/mol. The molecular formula is C21H22N2O5S2. The lowest BCUT2D eigenvalue weighted by Gasteiger charge is -2.25. The molecule has 0 aliphatic carbocycles. The number of sulfone groups is 1. The van der Waals surface area contributed by atoms with Gasteiger partial charge in [0.2, 0.25) is 0 Å². The van der Waals surface area contributed by atoms with Gasteiger partial charge in [-0.25, -0.2) is 8.42 Å². The molecule has 30 heavy (non-hydrogen) atoms. The summed E-state index contributed by atoms with van der Waals surface area (Å²) in [5, 5.41) is 0.431. The van der Waals surface area contributed by atoms with Gasteiger partial charge in [-0.05, 0) is 29.8 Å². The maximum Gasteiger partial charge on any atom is 0.279 e. The summed E-state index contributed by atoms with van der Waals surface area (Å²) in [7, 11) is 0.0344. The van der Waals surface area contributed by atoms with Gasteiger partial charge < -0.3 is 14.4 Å². The van der Waals surface area contributed by atoms with Crippen LogP contribution in [0, 0.1) is 0 Å². The first-order chi connectivity index (χ1) is 14.4. The molecule has 2 fully saturated rings. The van der Waals surface area contributed by atoms with Crippen LogP contribution in [0.15, 0.2) is 53.5 Å². The van der Waals surface area contributed by atoms with Crippen LogP contribution in [0.25, 0.3) is 0 Å². The van der Waals surface area contributed by atoms with Gasteiger partial charge in [-0.1, -0.05) is 36.0 Å². The minimum absolute atomic E-state index is 0.0660. The van der Waals surface area contributed by atoms with E-state index in [9.17, 15) is 13.2 Å². The zero-order valence-electron chi connectivity index (χ0n) is 16.6. The molecule has 0 unspecified atom stereocenters. The number of hydrogen-bond acceptors (Lipinski definition) is 6. The molecule has 2 aliphatic rings. The Morgan fingerprint density at radius 1 is 1.10 bits per heavy atom. The van der Waals surface area contributed by atoms with Crippen LogP contribution in [0.1, 0.15) is 15.9 Å². The highest BCUT2D eigenvalue weighted by atomic mass is 32.2. The van der Waals surface area contributed by atoms with Crippen LogP contribution in [0.3, 0.4) is 0 Å². The van der Waals surface area contributed by atoms with E-state index in [-0.39, 0.29) is 28.7 Å². The molecule has 0 radical (unpaired) electrons. The van der Waals surface area contributed by atoms with Crippen molar-refractivity contribution in [2.45, 2.75) is 17.8 Å². The van der Waals surface area contributed by atoms with E-state index in [0.717, 1.165) is 5.56 Å². The molecule has 2 heterocycles. The van der Waals surface area contributed by atoms with Gasteiger partial charge >= 0.3 is 0 Å². The molecule has 0 spiro atoms. The first-order valence-corrected chi connectivity index (χ1v) is 12.1. The van der Waals surface area contributed by atoms with Gasteiger partial charge in [-0.2, -0.15) is 4.99 Å². The topological polar surface area (TPSA) is 85.3 Å². The molecule has 9 heteroatoms. The minimum Gasteiger partial charge on any atom is -0.493 e. The third kappa shape index (κ3) is 4.17. The first kappa shape index (κ1) is 20.7. The van der Waals surface area contributed by atoms with Crippen molar-refractivity contribution in [2.24, 2.45) is 4.99 Å². The highest BCUT2D eigenvalue weighted by Crippen LogP contribution is 2.39. The number of fused-ring (bicyclic) bond motifs is 1. The number of benzene rings is 2. The summed E-state index contributed by atoms with van der Waals surface area (Å²) in [6.07, 6.45) is 0. The van der Waals surface area contributed by atoms with Crippen LogP contribution >= 0.6 is 11.8 Å². The van der Waals surface area contributed by atoms with Crippen molar-refractivity contribution in [1.82, 2.24) is 4.90 Å². The highest BCUT2D eigenvalue weighted by Gasteiger charge is 2.48. The fourth-order valence-electron chi connectivity index (χ4n) is 3.73. The Hall–Kier alpha value is -2.52. The van der Waals surface area contributed by atoms with Crippen molar-refractivity contribution in [1.29, 1.82) is 0 Å². The second kappa shape index (κ2) is 8.31. The van der Waals surface area contributed by atoms with Gasteiger partial charge in [0, 0.05) is 17.4 Å².